The van der Waals surface area contributed by atoms with Crippen molar-refractivity contribution in [1.82, 2.24) is 32.1 Å². The van der Waals surface area contributed by atoms with E-state index in [1.54, 1.807) is 34.6 Å². The standard InChI is InChI=1S/C39H64N6O15/c1-6-11-25(39(58)59)41-35(54)27(19-23-12-9-8-10-13-23)43-38(57)33(22(5)7-2)44-36(55)26(18-21(3)4)42-34(53)24(14-15-29(46)47)40-37(56)28(20-31(50)51)45-60-32(52)17-16-30(48)49/h21-28,33,45H,6-20H2,1-5H3,(H,40,56)(H,41,54)(H,42,53)(H,43,57)(H,44,55)(H,46,47)(H,48,49)(H,50,51)(H,58,59)/t22-,24-,25+,26+,27+,28+,33+/m1/s1. The first-order valence-electron chi connectivity index (χ1n) is 20.5. The maximum atomic E-state index is 14.0. The highest BCUT2D eigenvalue weighted by atomic mass is 16.7. The molecule has 1 saturated carbocycles. The van der Waals surface area contributed by atoms with Crippen molar-refractivity contribution in [2.75, 3.05) is 0 Å². The molecular formula is C39H64N6O15. The first kappa shape index (κ1) is 52.7. The summed E-state index contributed by atoms with van der Waals surface area (Å²) in [7, 11) is 0. The predicted molar refractivity (Wildman–Crippen MR) is 211 cm³/mol. The summed E-state index contributed by atoms with van der Waals surface area (Å²) in [5.41, 5.74) is 1.94. The molecule has 5 amide bonds. The lowest BCUT2D eigenvalue weighted by atomic mass is 9.84. The van der Waals surface area contributed by atoms with Crippen LogP contribution in [0.15, 0.2) is 0 Å². The molecule has 0 aromatic rings. The van der Waals surface area contributed by atoms with E-state index in [2.05, 4.69) is 31.4 Å². The molecule has 1 aliphatic rings. The lowest BCUT2D eigenvalue weighted by Crippen LogP contribution is -2.61. The summed E-state index contributed by atoms with van der Waals surface area (Å²) in [6.07, 6.45) is 2.49. The number of amides is 5. The Labute approximate surface area is 349 Å². The molecule has 1 fully saturated rings. The number of nitrogens with one attached hydrogen (secondary N) is 6. The molecule has 340 valence electrons. The van der Waals surface area contributed by atoms with E-state index in [-0.39, 0.29) is 31.1 Å². The van der Waals surface area contributed by atoms with E-state index < -0.39 is 134 Å². The van der Waals surface area contributed by atoms with Gasteiger partial charge in [0.25, 0.3) is 0 Å². The van der Waals surface area contributed by atoms with E-state index >= 15 is 0 Å². The van der Waals surface area contributed by atoms with Crippen molar-refractivity contribution in [2.24, 2.45) is 17.8 Å². The van der Waals surface area contributed by atoms with E-state index in [1.165, 1.54) is 0 Å². The molecule has 0 unspecified atom stereocenters. The fourth-order valence-corrected chi connectivity index (χ4v) is 6.57. The van der Waals surface area contributed by atoms with Crippen LogP contribution in [0, 0.1) is 17.8 Å². The number of aliphatic carboxylic acids is 4. The fourth-order valence-electron chi connectivity index (χ4n) is 6.57. The molecule has 1 aliphatic carbocycles. The third kappa shape index (κ3) is 20.6. The zero-order valence-corrected chi connectivity index (χ0v) is 35.1. The van der Waals surface area contributed by atoms with Crippen LogP contribution in [0.25, 0.3) is 0 Å². The zero-order valence-electron chi connectivity index (χ0n) is 35.1. The van der Waals surface area contributed by atoms with Gasteiger partial charge in [0.05, 0.1) is 19.3 Å². The average molecular weight is 857 g/mol. The lowest BCUT2D eigenvalue weighted by Gasteiger charge is -2.31. The first-order chi connectivity index (χ1) is 28.2. The Morgan fingerprint density at radius 2 is 1.12 bits per heavy atom. The molecule has 21 nitrogen and oxygen atoms in total. The van der Waals surface area contributed by atoms with Crippen LogP contribution in [-0.2, 0) is 52.8 Å². The van der Waals surface area contributed by atoms with Gasteiger partial charge >= 0.3 is 29.8 Å². The van der Waals surface area contributed by atoms with Gasteiger partial charge in [0, 0.05) is 6.42 Å². The van der Waals surface area contributed by atoms with E-state index in [1.807, 2.05) is 5.48 Å². The van der Waals surface area contributed by atoms with Crippen molar-refractivity contribution >= 4 is 59.4 Å². The van der Waals surface area contributed by atoms with Gasteiger partial charge in [-0.05, 0) is 43.4 Å². The lowest BCUT2D eigenvalue weighted by molar-refractivity contribution is -0.159. The van der Waals surface area contributed by atoms with E-state index in [9.17, 15) is 63.3 Å². The Bertz CT molecular complexity index is 1500. The van der Waals surface area contributed by atoms with Crippen molar-refractivity contribution in [3.63, 3.8) is 0 Å². The molecule has 0 radical (unpaired) electrons. The van der Waals surface area contributed by atoms with Gasteiger partial charge in [-0.3, -0.25) is 43.2 Å². The summed E-state index contributed by atoms with van der Waals surface area (Å²) in [5.74, 6) is -11.6. The Morgan fingerprint density at radius 3 is 1.65 bits per heavy atom. The summed E-state index contributed by atoms with van der Waals surface area (Å²) in [4.78, 5) is 131. The van der Waals surface area contributed by atoms with Gasteiger partial charge in [-0.2, -0.15) is 0 Å². The van der Waals surface area contributed by atoms with Gasteiger partial charge in [-0.25, -0.2) is 4.79 Å². The molecule has 1 rings (SSSR count). The molecule has 60 heavy (non-hydrogen) atoms. The molecule has 21 heteroatoms. The van der Waals surface area contributed by atoms with Gasteiger partial charge in [0.1, 0.15) is 36.3 Å². The number of carboxylic acid groups (broad SMARTS) is 4. The van der Waals surface area contributed by atoms with Crippen molar-refractivity contribution in [2.45, 2.75) is 167 Å². The molecule has 0 heterocycles. The highest BCUT2D eigenvalue weighted by Gasteiger charge is 2.36. The summed E-state index contributed by atoms with van der Waals surface area (Å²) in [6.45, 7) is 8.73. The minimum absolute atomic E-state index is 0.00220. The van der Waals surface area contributed by atoms with Crippen molar-refractivity contribution in [3.8, 4) is 0 Å². The number of hydrogen-bond acceptors (Lipinski definition) is 12. The van der Waals surface area contributed by atoms with Gasteiger partial charge < -0.3 is 51.8 Å². The molecular weight excluding hydrogens is 792 g/mol. The Balaban J connectivity index is 3.35. The molecule has 10 N–H and O–H groups in total. The smallest absolute Gasteiger partial charge is 0.326 e. The highest BCUT2D eigenvalue weighted by molar-refractivity contribution is 5.97. The van der Waals surface area contributed by atoms with Crippen LogP contribution >= 0.6 is 0 Å². The Morgan fingerprint density at radius 1 is 0.583 bits per heavy atom. The summed E-state index contributed by atoms with van der Waals surface area (Å²) in [5, 5.41) is 49.9. The number of hydroxylamine groups is 1. The number of carbonyl (C=O) groups is 10. The quantitative estimate of drug-likeness (QED) is 0.0469. The van der Waals surface area contributed by atoms with Crippen molar-refractivity contribution in [3.05, 3.63) is 0 Å². The van der Waals surface area contributed by atoms with Gasteiger partial charge in [-0.1, -0.05) is 79.6 Å². The highest BCUT2D eigenvalue weighted by Crippen LogP contribution is 2.27. The largest absolute Gasteiger partial charge is 0.481 e. The first-order valence-corrected chi connectivity index (χ1v) is 20.5. The molecule has 7 atom stereocenters. The van der Waals surface area contributed by atoms with Crippen LogP contribution in [0.5, 0.6) is 0 Å². The van der Waals surface area contributed by atoms with E-state index in [0.29, 0.717) is 12.8 Å². The number of rotatable bonds is 29. The number of carboxylic acids is 4. The van der Waals surface area contributed by atoms with Crippen LogP contribution in [-0.4, -0.2) is 116 Å². The molecule has 0 spiro atoms. The normalized spacial score (nSPS) is 16.4. The monoisotopic (exact) mass is 856 g/mol. The minimum Gasteiger partial charge on any atom is -0.481 e. The maximum absolute atomic E-state index is 14.0. The second kappa shape index (κ2) is 27.4. The molecule has 0 aromatic heterocycles. The summed E-state index contributed by atoms with van der Waals surface area (Å²) < 4.78 is 0. The van der Waals surface area contributed by atoms with E-state index in [0.717, 1.165) is 32.1 Å². The third-order valence-electron chi connectivity index (χ3n) is 10.1. The molecule has 0 aliphatic heterocycles. The van der Waals surface area contributed by atoms with Crippen molar-refractivity contribution in [1.29, 1.82) is 0 Å². The second-order valence-corrected chi connectivity index (χ2v) is 15.7. The van der Waals surface area contributed by atoms with E-state index in [4.69, 9.17) is 5.11 Å². The second-order valence-electron chi connectivity index (χ2n) is 15.7. The Hall–Kier alpha value is -5.34. The summed E-state index contributed by atoms with van der Waals surface area (Å²) in [6, 6.07) is -8.34. The maximum Gasteiger partial charge on any atom is 0.326 e. The molecule has 0 saturated heterocycles. The topological polar surface area (TPSA) is 333 Å². The van der Waals surface area contributed by atoms with Crippen LogP contribution in [0.2, 0.25) is 0 Å². The average Bonchev–Trinajstić information content (AvgIpc) is 3.17. The fraction of sp³-hybridized carbons (Fsp3) is 0.744. The van der Waals surface area contributed by atoms with Gasteiger partial charge in [0.15, 0.2) is 0 Å². The van der Waals surface area contributed by atoms with Crippen LogP contribution in [0.1, 0.15) is 131 Å². The summed E-state index contributed by atoms with van der Waals surface area (Å²) >= 11 is 0. The Kier molecular flexibility index (Phi) is 24.1. The number of carbonyl (C=O) groups excluding carboxylic acids is 6. The van der Waals surface area contributed by atoms with Gasteiger partial charge in [-0.15, -0.1) is 5.48 Å². The van der Waals surface area contributed by atoms with Crippen LogP contribution < -0.4 is 32.1 Å². The SMILES string of the molecule is CCC[C@H](NC(=O)[C@H](CC1CCCCC1)NC(=O)[C@@H](NC(=O)[C@H](CC(C)C)NC(=O)[C@@H](CCC(=O)O)NC(=O)[C@H](CC(=O)O)NOC(=O)CCC(=O)O)[C@H](C)CC)C(=O)O. The zero-order chi connectivity index (χ0) is 45.5. The molecule has 0 aromatic carbocycles. The number of hydrogen-bond donors (Lipinski definition) is 10. The van der Waals surface area contributed by atoms with Crippen LogP contribution in [0.3, 0.4) is 0 Å². The van der Waals surface area contributed by atoms with Crippen LogP contribution in [0.4, 0.5) is 0 Å². The molecule has 0 bridgehead atoms. The van der Waals surface area contributed by atoms with Crippen molar-refractivity contribution < 1.29 is 73.2 Å². The predicted octanol–water partition coefficient (Wildman–Crippen LogP) is 0.978. The van der Waals surface area contributed by atoms with Gasteiger partial charge in [0.2, 0.25) is 29.5 Å². The minimum atomic E-state index is -1.81. The third-order valence-corrected chi connectivity index (χ3v) is 10.1.